The van der Waals surface area contributed by atoms with Crippen molar-refractivity contribution in [3.8, 4) is 0 Å². The number of carbonyl (C=O) groups is 4. The summed E-state index contributed by atoms with van der Waals surface area (Å²) in [5, 5.41) is 12.2. The third kappa shape index (κ3) is 30.2. The molecule has 8 N–H and O–H groups in total. The molecule has 48 heavy (non-hydrogen) atoms. The predicted octanol–water partition coefficient (Wildman–Crippen LogP) is 3.54. The first-order valence-electron chi connectivity index (χ1n) is 18.6. The van der Waals surface area contributed by atoms with Crippen molar-refractivity contribution in [1.29, 1.82) is 0 Å². The van der Waals surface area contributed by atoms with E-state index < -0.39 is 24.0 Å². The number of carbonyl (C=O) groups excluding carboxylic acids is 4. The minimum absolute atomic E-state index is 0.0686. The lowest BCUT2D eigenvalue weighted by atomic mass is 10.1. The molecule has 0 aliphatic heterocycles. The Bertz CT molecular complexity index is 810. The smallest absolute Gasteiger partial charge is 0.328 e. The summed E-state index contributed by atoms with van der Waals surface area (Å²) in [5.41, 5.74) is 11.5. The molecule has 0 fully saturated rings. The molecule has 0 aromatic rings. The van der Waals surface area contributed by atoms with Gasteiger partial charge in [0.15, 0.2) is 0 Å². The zero-order chi connectivity index (χ0) is 35.5. The molecule has 13 heteroatoms. The molecule has 0 rings (SSSR count). The van der Waals surface area contributed by atoms with E-state index in [0.29, 0.717) is 31.0 Å². The van der Waals surface area contributed by atoms with Gasteiger partial charge in [0.1, 0.15) is 12.6 Å². The molecule has 0 spiro atoms. The van der Waals surface area contributed by atoms with Gasteiger partial charge in [-0.2, -0.15) is 11.8 Å². The fourth-order valence-electron chi connectivity index (χ4n) is 4.96. The second kappa shape index (κ2) is 34.9. The van der Waals surface area contributed by atoms with Gasteiger partial charge in [-0.15, -0.1) is 0 Å². The molecular formula is C35H70N6O6S. The van der Waals surface area contributed by atoms with Crippen LogP contribution in [0.4, 0.5) is 0 Å². The average Bonchev–Trinajstić information content (AvgIpc) is 3.08. The second-order valence-electron chi connectivity index (χ2n) is 12.4. The van der Waals surface area contributed by atoms with Gasteiger partial charge in [-0.1, -0.05) is 71.1 Å². The Morgan fingerprint density at radius 2 is 1.31 bits per heavy atom. The van der Waals surface area contributed by atoms with Crippen LogP contribution in [0.5, 0.6) is 0 Å². The number of rotatable bonds is 35. The topological polar surface area (TPSA) is 187 Å². The van der Waals surface area contributed by atoms with Gasteiger partial charge in [0, 0.05) is 30.9 Å². The van der Waals surface area contributed by atoms with E-state index in [-0.39, 0.29) is 31.3 Å². The van der Waals surface area contributed by atoms with Crippen LogP contribution in [0, 0.1) is 0 Å². The summed E-state index contributed by atoms with van der Waals surface area (Å²) >= 11 is 1.40. The average molecular weight is 703 g/mol. The molecule has 0 aliphatic rings. The van der Waals surface area contributed by atoms with E-state index in [4.69, 9.17) is 20.9 Å². The van der Waals surface area contributed by atoms with Crippen LogP contribution in [0.2, 0.25) is 0 Å². The molecule has 0 heterocycles. The number of nitrogens with two attached hydrogens (primary N) is 2. The number of hydrogen-bond acceptors (Lipinski definition) is 11. The van der Waals surface area contributed by atoms with Crippen LogP contribution < -0.4 is 32.7 Å². The minimum atomic E-state index is -0.965. The first-order chi connectivity index (χ1) is 23.3. The van der Waals surface area contributed by atoms with Gasteiger partial charge in [0.25, 0.3) is 0 Å². The van der Waals surface area contributed by atoms with Crippen molar-refractivity contribution in [2.45, 2.75) is 135 Å². The highest BCUT2D eigenvalue weighted by atomic mass is 32.2. The van der Waals surface area contributed by atoms with Crippen LogP contribution in [-0.2, 0) is 28.7 Å². The SMILES string of the molecule is CCCCCCCCCCCCCC(=O)OCCSC[C@H](N)C(=O)N[C@@H](CCC(=O)NCCCNCCCCNCCCN)C(=O)OC. The number of esters is 2. The van der Waals surface area contributed by atoms with Gasteiger partial charge in [-0.25, -0.2) is 4.79 Å². The van der Waals surface area contributed by atoms with Crippen LogP contribution in [0.15, 0.2) is 0 Å². The summed E-state index contributed by atoms with van der Waals surface area (Å²) in [6.07, 6.45) is 18.2. The van der Waals surface area contributed by atoms with E-state index >= 15 is 0 Å². The maximum absolute atomic E-state index is 12.6. The van der Waals surface area contributed by atoms with Crippen molar-refractivity contribution in [2.24, 2.45) is 11.5 Å². The van der Waals surface area contributed by atoms with E-state index in [0.717, 1.165) is 71.1 Å². The maximum Gasteiger partial charge on any atom is 0.328 e. The number of ether oxygens (including phenoxy) is 2. The molecule has 0 radical (unpaired) electrons. The zero-order valence-electron chi connectivity index (χ0n) is 30.3. The monoisotopic (exact) mass is 703 g/mol. The fourth-order valence-corrected chi connectivity index (χ4v) is 5.73. The molecule has 282 valence electrons. The van der Waals surface area contributed by atoms with Gasteiger partial charge in [-0.3, -0.25) is 14.4 Å². The number of hydrogen-bond donors (Lipinski definition) is 6. The van der Waals surface area contributed by atoms with Gasteiger partial charge in [0.2, 0.25) is 11.8 Å². The van der Waals surface area contributed by atoms with Crippen molar-refractivity contribution < 1.29 is 28.7 Å². The van der Waals surface area contributed by atoms with Gasteiger partial charge in [-0.05, 0) is 71.2 Å². The Morgan fingerprint density at radius 3 is 1.92 bits per heavy atom. The Balaban J connectivity index is 3.93. The molecule has 2 atom stereocenters. The van der Waals surface area contributed by atoms with Crippen LogP contribution >= 0.6 is 11.8 Å². The molecular weight excluding hydrogens is 632 g/mol. The van der Waals surface area contributed by atoms with Crippen LogP contribution in [0.1, 0.15) is 122 Å². The van der Waals surface area contributed by atoms with Crippen molar-refractivity contribution in [3.63, 3.8) is 0 Å². The highest BCUT2D eigenvalue weighted by molar-refractivity contribution is 7.99. The lowest BCUT2D eigenvalue weighted by molar-refractivity contribution is -0.145. The first-order valence-corrected chi connectivity index (χ1v) is 19.8. The number of nitrogens with one attached hydrogen (secondary N) is 4. The Morgan fingerprint density at radius 1 is 0.729 bits per heavy atom. The highest BCUT2D eigenvalue weighted by Gasteiger charge is 2.25. The lowest BCUT2D eigenvalue weighted by Crippen LogP contribution is -2.50. The zero-order valence-corrected chi connectivity index (χ0v) is 31.1. The Hall–Kier alpha value is -1.93. The summed E-state index contributed by atoms with van der Waals surface area (Å²) in [6.45, 7) is 7.43. The van der Waals surface area contributed by atoms with E-state index in [1.165, 1.54) is 70.2 Å². The number of amides is 2. The molecule has 0 bridgehead atoms. The summed E-state index contributed by atoms with van der Waals surface area (Å²) < 4.78 is 10.1. The largest absolute Gasteiger partial charge is 0.467 e. The number of thioether (sulfide) groups is 1. The Kier molecular flexibility index (Phi) is 33.5. The Labute approximate surface area is 295 Å². The summed E-state index contributed by atoms with van der Waals surface area (Å²) in [5.74, 6) is -0.683. The molecule has 12 nitrogen and oxygen atoms in total. The van der Waals surface area contributed by atoms with Crippen LogP contribution in [-0.4, -0.2) is 100 Å². The van der Waals surface area contributed by atoms with Crippen LogP contribution in [0.3, 0.4) is 0 Å². The van der Waals surface area contributed by atoms with Gasteiger partial charge >= 0.3 is 11.9 Å². The number of methoxy groups -OCH3 is 1. The molecule has 0 unspecified atom stereocenters. The standard InChI is InChI=1S/C35H70N6O6S/c1-3-4-5-6-7-8-9-10-11-12-13-18-33(43)47-27-28-48-29-30(37)34(44)41-31(35(45)46-2)19-20-32(42)40-26-17-25-39-23-15-14-22-38-24-16-21-36/h30-31,38-39H,3-29,36-37H2,1-2H3,(H,40,42)(H,41,44)/t30-,31-/m0/s1. The second-order valence-corrected chi connectivity index (χ2v) is 13.5. The first kappa shape index (κ1) is 46.1. The van der Waals surface area contributed by atoms with Crippen molar-refractivity contribution in [3.05, 3.63) is 0 Å². The van der Waals surface area contributed by atoms with E-state index in [9.17, 15) is 19.2 Å². The predicted molar refractivity (Wildman–Crippen MR) is 197 cm³/mol. The molecule has 0 saturated carbocycles. The van der Waals surface area contributed by atoms with E-state index in [1.807, 2.05) is 0 Å². The van der Waals surface area contributed by atoms with Crippen molar-refractivity contribution in [2.75, 3.05) is 64.5 Å². The number of unbranched alkanes of at least 4 members (excludes halogenated alkanes) is 11. The van der Waals surface area contributed by atoms with Gasteiger partial charge < -0.3 is 42.2 Å². The lowest BCUT2D eigenvalue weighted by Gasteiger charge is -2.19. The molecule has 0 aromatic heterocycles. The maximum atomic E-state index is 12.6. The highest BCUT2D eigenvalue weighted by Crippen LogP contribution is 2.12. The summed E-state index contributed by atoms with van der Waals surface area (Å²) in [7, 11) is 1.24. The summed E-state index contributed by atoms with van der Waals surface area (Å²) in [6, 6.07) is -1.82. The van der Waals surface area contributed by atoms with E-state index in [2.05, 4.69) is 28.2 Å². The minimum Gasteiger partial charge on any atom is -0.467 e. The molecule has 0 aromatic carbocycles. The third-order valence-corrected chi connectivity index (χ3v) is 8.99. The van der Waals surface area contributed by atoms with Crippen molar-refractivity contribution in [1.82, 2.24) is 21.3 Å². The summed E-state index contributed by atoms with van der Waals surface area (Å²) in [4.78, 5) is 49.1. The van der Waals surface area contributed by atoms with Crippen LogP contribution in [0.25, 0.3) is 0 Å². The normalized spacial score (nSPS) is 12.3. The molecule has 0 aliphatic carbocycles. The third-order valence-electron chi connectivity index (χ3n) is 7.94. The van der Waals surface area contributed by atoms with Gasteiger partial charge in [0.05, 0.1) is 13.2 Å². The molecule has 2 amide bonds. The fraction of sp³-hybridized carbons (Fsp3) is 0.886. The quantitative estimate of drug-likeness (QED) is 0.0419. The van der Waals surface area contributed by atoms with E-state index in [1.54, 1.807) is 0 Å². The molecule has 0 saturated heterocycles. The van der Waals surface area contributed by atoms with Crippen molar-refractivity contribution >= 4 is 35.5 Å².